The fourth-order valence-corrected chi connectivity index (χ4v) is 3.32. The first-order valence-corrected chi connectivity index (χ1v) is 7.88. The van der Waals surface area contributed by atoms with Crippen LogP contribution in [-0.4, -0.2) is 10.6 Å². The summed E-state index contributed by atoms with van der Waals surface area (Å²) in [4.78, 5) is 0. The van der Waals surface area contributed by atoms with Crippen LogP contribution in [0, 0.1) is 12.8 Å². The van der Waals surface area contributed by atoms with E-state index >= 15 is 0 Å². The lowest BCUT2D eigenvalue weighted by Crippen LogP contribution is -2.41. The van der Waals surface area contributed by atoms with Crippen LogP contribution in [0.25, 0.3) is 17.8 Å². The Labute approximate surface area is 126 Å². The molecular weight excluding hydrogens is 256 g/mol. The molecule has 2 atom stereocenters. The van der Waals surface area contributed by atoms with E-state index in [-0.39, 0.29) is 6.04 Å². The van der Waals surface area contributed by atoms with Gasteiger partial charge in [-0.25, -0.2) is 0 Å². The second-order valence-corrected chi connectivity index (χ2v) is 6.05. The number of rotatable bonds is 3. The summed E-state index contributed by atoms with van der Waals surface area (Å²) in [7, 11) is 0. The van der Waals surface area contributed by atoms with Gasteiger partial charge in [0.05, 0.1) is 5.35 Å². The minimum Gasteiger partial charge on any atom is -0.324 e. The van der Waals surface area contributed by atoms with Gasteiger partial charge >= 0.3 is 0 Å². The first kappa shape index (κ1) is 14.2. The van der Waals surface area contributed by atoms with E-state index in [1.807, 2.05) is 0 Å². The molecule has 0 fully saturated rings. The summed E-state index contributed by atoms with van der Waals surface area (Å²) in [6.07, 6.45) is 6.89. The maximum absolute atomic E-state index is 6.27. The van der Waals surface area contributed by atoms with Gasteiger partial charge in [0.25, 0.3) is 0 Å². The Hall–Kier alpha value is -1.80. The minimum atomic E-state index is 0.101. The van der Waals surface area contributed by atoms with Gasteiger partial charge in [0.15, 0.2) is 0 Å². The van der Waals surface area contributed by atoms with Crippen molar-refractivity contribution in [2.45, 2.75) is 39.7 Å². The third-order valence-electron chi connectivity index (χ3n) is 4.52. The molecule has 2 aromatic rings. The highest BCUT2D eigenvalue weighted by Gasteiger charge is 2.19. The zero-order chi connectivity index (χ0) is 15.0. The maximum Gasteiger partial charge on any atom is 0.0506 e. The van der Waals surface area contributed by atoms with Crippen LogP contribution < -0.4 is 16.3 Å². The smallest absolute Gasteiger partial charge is 0.0506 e. The molecule has 2 unspecified atom stereocenters. The highest BCUT2D eigenvalue weighted by atomic mass is 15.0. The van der Waals surface area contributed by atoms with Gasteiger partial charge < -0.3 is 10.3 Å². The van der Waals surface area contributed by atoms with Crippen molar-refractivity contribution in [3.8, 4) is 5.69 Å². The Morgan fingerprint density at radius 1 is 1.14 bits per heavy atom. The number of para-hydroxylation sites is 1. The van der Waals surface area contributed by atoms with Crippen molar-refractivity contribution in [3.63, 3.8) is 0 Å². The number of nitrogens with two attached hydrogens (primary N) is 1. The van der Waals surface area contributed by atoms with E-state index < -0.39 is 0 Å². The number of nitrogens with zero attached hydrogens (tertiary/aromatic N) is 1. The summed E-state index contributed by atoms with van der Waals surface area (Å²) in [6.45, 7) is 6.68. The molecule has 110 valence electrons. The van der Waals surface area contributed by atoms with Crippen LogP contribution in [0.2, 0.25) is 0 Å². The molecule has 21 heavy (non-hydrogen) atoms. The number of aromatic nitrogens is 1. The van der Waals surface area contributed by atoms with Crippen LogP contribution in [-0.2, 0) is 6.42 Å². The average Bonchev–Trinajstić information content (AvgIpc) is 2.74. The second-order valence-electron chi connectivity index (χ2n) is 6.05. The Balaban J connectivity index is 2.35. The third kappa shape index (κ3) is 2.34. The van der Waals surface area contributed by atoms with Gasteiger partial charge in [0, 0.05) is 17.4 Å². The number of benzene rings is 1. The largest absolute Gasteiger partial charge is 0.324 e. The topological polar surface area (TPSA) is 30.9 Å². The van der Waals surface area contributed by atoms with Gasteiger partial charge in [-0.15, -0.1) is 0 Å². The molecule has 1 aromatic heterocycles. The highest BCUT2D eigenvalue weighted by Crippen LogP contribution is 2.15. The summed E-state index contributed by atoms with van der Waals surface area (Å²) in [5.41, 5.74) is 10.3. The van der Waals surface area contributed by atoms with E-state index in [1.54, 1.807) is 0 Å². The van der Waals surface area contributed by atoms with Crippen LogP contribution in [0.1, 0.15) is 31.5 Å². The average molecular weight is 280 g/mol. The molecule has 2 N–H and O–H groups in total. The molecule has 0 saturated carbocycles. The molecule has 2 nitrogen and oxygen atoms in total. The Morgan fingerprint density at radius 2 is 1.86 bits per heavy atom. The van der Waals surface area contributed by atoms with Gasteiger partial charge in [-0.1, -0.05) is 44.5 Å². The van der Waals surface area contributed by atoms with E-state index in [0.29, 0.717) is 5.92 Å². The van der Waals surface area contributed by atoms with Crippen molar-refractivity contribution < 1.29 is 0 Å². The van der Waals surface area contributed by atoms with E-state index in [0.717, 1.165) is 6.42 Å². The van der Waals surface area contributed by atoms with Gasteiger partial charge in [-0.2, -0.15) is 0 Å². The summed E-state index contributed by atoms with van der Waals surface area (Å²) >= 11 is 0. The van der Waals surface area contributed by atoms with E-state index in [2.05, 4.69) is 67.8 Å². The zero-order valence-electron chi connectivity index (χ0n) is 13.1. The molecule has 3 rings (SSSR count). The Kier molecular flexibility index (Phi) is 3.73. The first-order valence-electron chi connectivity index (χ1n) is 7.88. The van der Waals surface area contributed by atoms with Gasteiger partial charge in [0.2, 0.25) is 0 Å². The van der Waals surface area contributed by atoms with Crippen LogP contribution >= 0.6 is 0 Å². The molecule has 0 spiro atoms. The molecule has 1 heterocycles. The molecule has 1 aliphatic rings. The predicted molar refractivity (Wildman–Crippen MR) is 89.8 cm³/mol. The lowest BCUT2D eigenvalue weighted by Gasteiger charge is -2.16. The molecule has 0 saturated heterocycles. The van der Waals surface area contributed by atoms with Crippen molar-refractivity contribution in [2.75, 3.05) is 0 Å². The fourth-order valence-electron chi connectivity index (χ4n) is 3.32. The minimum absolute atomic E-state index is 0.101. The third-order valence-corrected chi connectivity index (χ3v) is 4.52. The monoisotopic (exact) mass is 280 g/mol. The van der Waals surface area contributed by atoms with E-state index in [1.165, 1.54) is 33.9 Å². The Morgan fingerprint density at radius 3 is 2.52 bits per heavy atom. The van der Waals surface area contributed by atoms with Crippen LogP contribution in [0.5, 0.6) is 0 Å². The fraction of sp³-hybridized carbons (Fsp3) is 0.368. The van der Waals surface area contributed by atoms with Crippen molar-refractivity contribution in [2.24, 2.45) is 11.7 Å². The predicted octanol–water partition coefficient (Wildman–Crippen LogP) is 2.28. The molecular formula is C19H24N2. The van der Waals surface area contributed by atoms with Crippen LogP contribution in [0.15, 0.2) is 30.3 Å². The summed E-state index contributed by atoms with van der Waals surface area (Å²) in [6, 6.07) is 10.7. The quantitative estimate of drug-likeness (QED) is 0.919. The summed E-state index contributed by atoms with van der Waals surface area (Å²) < 4.78 is 2.36. The van der Waals surface area contributed by atoms with Crippen LogP contribution in [0.3, 0.4) is 0 Å². The van der Waals surface area contributed by atoms with Crippen molar-refractivity contribution in [1.29, 1.82) is 0 Å². The number of hydrogen-bond acceptors (Lipinski definition) is 1. The van der Waals surface area contributed by atoms with Crippen LogP contribution in [0.4, 0.5) is 0 Å². The molecule has 2 heteroatoms. The molecule has 0 amide bonds. The Bertz CT molecular complexity index is 753. The molecule has 1 aliphatic carbocycles. The number of fused-ring (bicyclic) bond motifs is 1. The molecule has 0 bridgehead atoms. The van der Waals surface area contributed by atoms with Gasteiger partial charge in [-0.05, 0) is 48.3 Å². The molecule has 1 aromatic carbocycles. The van der Waals surface area contributed by atoms with Gasteiger partial charge in [-0.3, -0.25) is 0 Å². The maximum atomic E-state index is 6.27. The summed E-state index contributed by atoms with van der Waals surface area (Å²) in [5.74, 6) is 0.402. The van der Waals surface area contributed by atoms with Crippen molar-refractivity contribution in [3.05, 3.63) is 52.2 Å². The molecule has 0 radical (unpaired) electrons. The lowest BCUT2D eigenvalue weighted by molar-refractivity contribution is 0.676. The first-order chi connectivity index (χ1) is 10.1. The summed E-state index contributed by atoms with van der Waals surface area (Å²) in [5, 5.41) is 2.67. The second kappa shape index (κ2) is 5.53. The molecule has 0 aliphatic heterocycles. The number of hydrogen-bond donors (Lipinski definition) is 1. The SMILES string of the molecule is CCCc1c(C)n(-c2ccccc2)c2c1=CC(C)C(N)C=2. The van der Waals surface area contributed by atoms with Crippen molar-refractivity contribution >= 4 is 12.2 Å². The lowest BCUT2D eigenvalue weighted by atomic mass is 9.95. The van der Waals surface area contributed by atoms with Gasteiger partial charge in [0.1, 0.15) is 0 Å². The zero-order valence-corrected chi connectivity index (χ0v) is 13.1. The van der Waals surface area contributed by atoms with Crippen molar-refractivity contribution in [1.82, 2.24) is 4.57 Å². The normalized spacial score (nSPS) is 20.6. The standard InChI is InChI=1S/C19H24N2/c1-4-8-16-14(3)21(15-9-6-5-7-10-15)19-12-18(20)13(2)11-17(16)19/h5-7,9-13,18H,4,8,20H2,1-3H3. The highest BCUT2D eigenvalue weighted by molar-refractivity contribution is 5.51. The van der Waals surface area contributed by atoms with E-state index in [9.17, 15) is 0 Å². The van der Waals surface area contributed by atoms with E-state index in [4.69, 9.17) is 5.73 Å².